The highest BCUT2D eigenvalue weighted by Crippen LogP contribution is 2.16. The Morgan fingerprint density at radius 1 is 1.25 bits per heavy atom. The first-order chi connectivity index (χ1) is 9.69. The van der Waals surface area contributed by atoms with Crippen LogP contribution in [0.1, 0.15) is 42.6 Å². The molecule has 0 saturated carbocycles. The number of nitrogens with one attached hydrogen (secondary N) is 2. The predicted molar refractivity (Wildman–Crippen MR) is 83.4 cm³/mol. The summed E-state index contributed by atoms with van der Waals surface area (Å²) in [6.07, 6.45) is 2.20. The molecule has 0 atom stereocenters. The fraction of sp³-hybridized carbons (Fsp3) is 0.562. The molecule has 1 aromatic rings. The molecular weight excluding hydrogens is 252 g/mol. The van der Waals surface area contributed by atoms with E-state index in [0.717, 1.165) is 37.2 Å². The molecule has 0 saturated heterocycles. The SMILES string of the molecule is CCCCOCCNC(=O)c1ccc(NCC)c(C)c1. The maximum absolute atomic E-state index is 12.0. The number of carbonyl (C=O) groups excluding carboxylic acids is 1. The minimum Gasteiger partial charge on any atom is -0.385 e. The Morgan fingerprint density at radius 2 is 2.05 bits per heavy atom. The summed E-state index contributed by atoms with van der Waals surface area (Å²) in [5, 5.41) is 6.13. The molecule has 0 heterocycles. The summed E-state index contributed by atoms with van der Waals surface area (Å²) >= 11 is 0. The van der Waals surface area contributed by atoms with Gasteiger partial charge in [-0.1, -0.05) is 13.3 Å². The van der Waals surface area contributed by atoms with E-state index in [1.807, 2.05) is 25.1 Å². The van der Waals surface area contributed by atoms with E-state index in [4.69, 9.17) is 4.74 Å². The summed E-state index contributed by atoms with van der Waals surface area (Å²) < 4.78 is 5.41. The predicted octanol–water partition coefficient (Wildman–Crippen LogP) is 2.97. The van der Waals surface area contributed by atoms with Crippen LogP contribution in [-0.2, 0) is 4.74 Å². The van der Waals surface area contributed by atoms with Crippen LogP contribution >= 0.6 is 0 Å². The van der Waals surface area contributed by atoms with Crippen LogP contribution in [0.3, 0.4) is 0 Å². The highest BCUT2D eigenvalue weighted by Gasteiger charge is 2.06. The largest absolute Gasteiger partial charge is 0.385 e. The lowest BCUT2D eigenvalue weighted by molar-refractivity contribution is 0.0912. The van der Waals surface area contributed by atoms with Gasteiger partial charge in [0.05, 0.1) is 6.61 Å². The van der Waals surface area contributed by atoms with Crippen LogP contribution < -0.4 is 10.6 Å². The molecule has 1 aromatic carbocycles. The van der Waals surface area contributed by atoms with Crippen molar-refractivity contribution < 1.29 is 9.53 Å². The van der Waals surface area contributed by atoms with Gasteiger partial charge in [-0.2, -0.15) is 0 Å². The fourth-order valence-corrected chi connectivity index (χ4v) is 1.88. The zero-order valence-electron chi connectivity index (χ0n) is 12.8. The minimum atomic E-state index is -0.0461. The van der Waals surface area contributed by atoms with Crippen LogP contribution in [0.15, 0.2) is 18.2 Å². The Bertz CT molecular complexity index is 419. The molecule has 0 radical (unpaired) electrons. The van der Waals surface area contributed by atoms with Crippen LogP contribution in [0.5, 0.6) is 0 Å². The maximum atomic E-state index is 12.0. The van der Waals surface area contributed by atoms with Gasteiger partial charge >= 0.3 is 0 Å². The van der Waals surface area contributed by atoms with Crippen molar-refractivity contribution in [1.29, 1.82) is 0 Å². The van der Waals surface area contributed by atoms with Gasteiger partial charge in [0.2, 0.25) is 0 Å². The lowest BCUT2D eigenvalue weighted by Gasteiger charge is -2.10. The summed E-state index contributed by atoms with van der Waals surface area (Å²) in [5.74, 6) is -0.0461. The van der Waals surface area contributed by atoms with Crippen molar-refractivity contribution in [3.8, 4) is 0 Å². The third kappa shape index (κ3) is 5.61. The number of amides is 1. The Kier molecular flexibility index (Phi) is 7.73. The van der Waals surface area contributed by atoms with Gasteiger partial charge in [0.15, 0.2) is 0 Å². The van der Waals surface area contributed by atoms with E-state index in [9.17, 15) is 4.79 Å². The average Bonchev–Trinajstić information content (AvgIpc) is 2.45. The molecule has 0 bridgehead atoms. The monoisotopic (exact) mass is 278 g/mol. The normalized spacial score (nSPS) is 10.3. The summed E-state index contributed by atoms with van der Waals surface area (Å²) in [6.45, 7) is 8.95. The molecule has 1 amide bonds. The number of unbranched alkanes of at least 4 members (excludes halogenated alkanes) is 1. The molecule has 0 aromatic heterocycles. The quantitative estimate of drug-likeness (QED) is 0.683. The van der Waals surface area contributed by atoms with E-state index in [2.05, 4.69) is 24.5 Å². The van der Waals surface area contributed by atoms with Crippen LogP contribution in [0.2, 0.25) is 0 Å². The molecule has 2 N–H and O–H groups in total. The van der Waals surface area contributed by atoms with E-state index >= 15 is 0 Å². The molecule has 0 aliphatic rings. The molecule has 20 heavy (non-hydrogen) atoms. The number of aryl methyl sites for hydroxylation is 1. The van der Waals surface area contributed by atoms with Crippen molar-refractivity contribution in [3.05, 3.63) is 29.3 Å². The average molecular weight is 278 g/mol. The zero-order valence-corrected chi connectivity index (χ0v) is 12.8. The molecule has 4 nitrogen and oxygen atoms in total. The van der Waals surface area contributed by atoms with Gasteiger partial charge in [0, 0.05) is 30.9 Å². The number of carbonyl (C=O) groups is 1. The topological polar surface area (TPSA) is 50.4 Å². The Balaban J connectivity index is 2.38. The van der Waals surface area contributed by atoms with E-state index in [1.165, 1.54) is 0 Å². The molecule has 0 aliphatic heterocycles. The van der Waals surface area contributed by atoms with Crippen molar-refractivity contribution >= 4 is 11.6 Å². The second-order valence-electron chi connectivity index (χ2n) is 4.78. The maximum Gasteiger partial charge on any atom is 0.251 e. The number of ether oxygens (including phenoxy) is 1. The van der Waals surface area contributed by atoms with Gasteiger partial charge in [-0.05, 0) is 44.0 Å². The highest BCUT2D eigenvalue weighted by molar-refractivity contribution is 5.94. The van der Waals surface area contributed by atoms with Crippen molar-refractivity contribution in [2.45, 2.75) is 33.6 Å². The standard InChI is InChI=1S/C16H26N2O2/c1-4-6-10-20-11-9-18-16(19)14-7-8-15(17-5-2)13(3)12-14/h7-8,12,17H,4-6,9-11H2,1-3H3,(H,18,19). The fourth-order valence-electron chi connectivity index (χ4n) is 1.88. The molecule has 1 rings (SSSR count). The molecule has 112 valence electrons. The number of benzene rings is 1. The Hall–Kier alpha value is -1.55. The van der Waals surface area contributed by atoms with Gasteiger partial charge in [-0.15, -0.1) is 0 Å². The van der Waals surface area contributed by atoms with Gasteiger partial charge in [-0.25, -0.2) is 0 Å². The summed E-state index contributed by atoms with van der Waals surface area (Å²) in [5.41, 5.74) is 2.85. The van der Waals surface area contributed by atoms with Gasteiger partial charge < -0.3 is 15.4 Å². The van der Waals surface area contributed by atoms with E-state index in [-0.39, 0.29) is 5.91 Å². The van der Waals surface area contributed by atoms with Crippen molar-refractivity contribution in [1.82, 2.24) is 5.32 Å². The second-order valence-corrected chi connectivity index (χ2v) is 4.78. The minimum absolute atomic E-state index is 0.0461. The van der Waals surface area contributed by atoms with Crippen LogP contribution in [-0.4, -0.2) is 32.2 Å². The first-order valence-corrected chi connectivity index (χ1v) is 7.39. The van der Waals surface area contributed by atoms with Crippen molar-refractivity contribution in [2.24, 2.45) is 0 Å². The molecule has 4 heteroatoms. The third-order valence-electron chi connectivity index (χ3n) is 3.03. The van der Waals surface area contributed by atoms with Crippen LogP contribution in [0.4, 0.5) is 5.69 Å². The number of rotatable bonds is 9. The molecule has 0 unspecified atom stereocenters. The number of hydrogen-bond donors (Lipinski definition) is 2. The van der Waals surface area contributed by atoms with Crippen molar-refractivity contribution in [3.63, 3.8) is 0 Å². The Morgan fingerprint density at radius 3 is 2.70 bits per heavy atom. The molecule has 0 spiro atoms. The molecule has 0 fully saturated rings. The smallest absolute Gasteiger partial charge is 0.251 e. The second kappa shape index (κ2) is 9.37. The zero-order chi connectivity index (χ0) is 14.8. The van der Waals surface area contributed by atoms with Crippen LogP contribution in [0, 0.1) is 6.92 Å². The summed E-state index contributed by atoms with van der Waals surface area (Å²) in [4.78, 5) is 12.0. The highest BCUT2D eigenvalue weighted by atomic mass is 16.5. The first kappa shape index (κ1) is 16.5. The summed E-state index contributed by atoms with van der Waals surface area (Å²) in [7, 11) is 0. The van der Waals surface area contributed by atoms with Crippen molar-refractivity contribution in [2.75, 3.05) is 31.6 Å². The summed E-state index contributed by atoms with van der Waals surface area (Å²) in [6, 6.07) is 5.70. The van der Waals surface area contributed by atoms with Gasteiger partial charge in [0.25, 0.3) is 5.91 Å². The lowest BCUT2D eigenvalue weighted by atomic mass is 10.1. The number of anilines is 1. The van der Waals surface area contributed by atoms with E-state index < -0.39 is 0 Å². The lowest BCUT2D eigenvalue weighted by Crippen LogP contribution is -2.27. The number of hydrogen-bond acceptors (Lipinski definition) is 3. The van der Waals surface area contributed by atoms with Gasteiger partial charge in [0.1, 0.15) is 0 Å². The van der Waals surface area contributed by atoms with Crippen LogP contribution in [0.25, 0.3) is 0 Å². The Labute approximate surface area is 121 Å². The first-order valence-electron chi connectivity index (χ1n) is 7.39. The van der Waals surface area contributed by atoms with E-state index in [1.54, 1.807) is 0 Å². The third-order valence-corrected chi connectivity index (χ3v) is 3.03. The van der Waals surface area contributed by atoms with Gasteiger partial charge in [-0.3, -0.25) is 4.79 Å². The molecule has 0 aliphatic carbocycles. The van der Waals surface area contributed by atoms with E-state index in [0.29, 0.717) is 18.7 Å². The molecular formula is C16H26N2O2.